The molecule has 0 bridgehead atoms. The molecule has 1 aliphatic carbocycles. The molecule has 0 spiro atoms. The Morgan fingerprint density at radius 2 is 2.05 bits per heavy atom. The molecule has 2 aromatic rings. The van der Waals surface area contributed by atoms with E-state index in [0.717, 1.165) is 12.0 Å². The van der Waals surface area contributed by atoms with Gasteiger partial charge in [-0.3, -0.25) is 11.3 Å². The fourth-order valence-corrected chi connectivity index (χ4v) is 4.57. The maximum atomic E-state index is 6.29. The second-order valence-corrected chi connectivity index (χ2v) is 7.39. The Balaban J connectivity index is 1.85. The zero-order chi connectivity index (χ0) is 14.8. The van der Waals surface area contributed by atoms with Gasteiger partial charge in [-0.1, -0.05) is 35.3 Å². The summed E-state index contributed by atoms with van der Waals surface area (Å²) >= 11 is 14.3. The van der Waals surface area contributed by atoms with Gasteiger partial charge in [-0.15, -0.1) is 11.3 Å². The second-order valence-electron chi connectivity index (χ2n) is 5.44. The third-order valence-electron chi connectivity index (χ3n) is 4.02. The van der Waals surface area contributed by atoms with Crippen LogP contribution in [0, 0.1) is 0 Å². The normalized spacial score (nSPS) is 15.8. The predicted octanol–water partition coefficient (Wildman–Crippen LogP) is 4.68. The molecule has 0 fully saturated rings. The maximum Gasteiger partial charge on any atom is 0.0625 e. The summed E-state index contributed by atoms with van der Waals surface area (Å²) in [7, 11) is 0. The maximum absolute atomic E-state index is 6.29. The van der Waals surface area contributed by atoms with E-state index in [1.165, 1.54) is 41.0 Å². The van der Waals surface area contributed by atoms with Gasteiger partial charge in [-0.25, -0.2) is 0 Å². The van der Waals surface area contributed by atoms with E-state index >= 15 is 0 Å². The van der Waals surface area contributed by atoms with E-state index in [9.17, 15) is 0 Å². The van der Waals surface area contributed by atoms with Gasteiger partial charge in [0.05, 0.1) is 16.1 Å². The zero-order valence-corrected chi connectivity index (χ0v) is 14.0. The highest BCUT2D eigenvalue weighted by molar-refractivity contribution is 7.12. The second kappa shape index (κ2) is 6.67. The number of aryl methyl sites for hydroxylation is 2. The summed E-state index contributed by atoms with van der Waals surface area (Å²) in [6, 6.07) is 8.13. The Hall–Kier alpha value is -0.580. The molecule has 0 saturated carbocycles. The number of nitrogens with two attached hydrogens (primary N) is 1. The minimum atomic E-state index is 0.0802. The number of hydrogen-bond acceptors (Lipinski definition) is 3. The van der Waals surface area contributed by atoms with Crippen LogP contribution in [0.1, 0.15) is 39.8 Å². The first kappa shape index (κ1) is 15.3. The van der Waals surface area contributed by atoms with Crippen molar-refractivity contribution in [3.63, 3.8) is 0 Å². The van der Waals surface area contributed by atoms with E-state index in [1.807, 2.05) is 29.5 Å². The minimum absolute atomic E-state index is 0.0802. The SMILES string of the molecule is NNC(Cc1cccc(Cl)c1Cl)c1cc2c(s1)CCCC2. The van der Waals surface area contributed by atoms with E-state index in [4.69, 9.17) is 29.0 Å². The highest BCUT2D eigenvalue weighted by atomic mass is 35.5. The van der Waals surface area contributed by atoms with Gasteiger partial charge in [0.1, 0.15) is 0 Å². The van der Waals surface area contributed by atoms with Gasteiger partial charge in [0, 0.05) is 9.75 Å². The highest BCUT2D eigenvalue weighted by Gasteiger charge is 2.20. The molecule has 1 aromatic carbocycles. The summed E-state index contributed by atoms with van der Waals surface area (Å²) in [4.78, 5) is 2.81. The molecule has 0 aliphatic heterocycles. The van der Waals surface area contributed by atoms with Crippen LogP contribution in [0.5, 0.6) is 0 Å². The van der Waals surface area contributed by atoms with Crippen molar-refractivity contribution in [2.75, 3.05) is 0 Å². The first-order valence-electron chi connectivity index (χ1n) is 7.19. The van der Waals surface area contributed by atoms with Gasteiger partial charge in [0.2, 0.25) is 0 Å². The van der Waals surface area contributed by atoms with Crippen LogP contribution >= 0.6 is 34.5 Å². The molecule has 21 heavy (non-hydrogen) atoms. The van der Waals surface area contributed by atoms with Gasteiger partial charge < -0.3 is 0 Å². The lowest BCUT2D eigenvalue weighted by atomic mass is 9.98. The number of fused-ring (bicyclic) bond motifs is 1. The summed E-state index contributed by atoms with van der Waals surface area (Å²) in [6.45, 7) is 0. The summed E-state index contributed by atoms with van der Waals surface area (Å²) in [5, 5.41) is 1.22. The lowest BCUT2D eigenvalue weighted by Crippen LogP contribution is -2.29. The molecule has 1 unspecified atom stereocenters. The minimum Gasteiger partial charge on any atom is -0.271 e. The van der Waals surface area contributed by atoms with Crippen LogP contribution in [0.4, 0.5) is 0 Å². The number of halogens is 2. The lowest BCUT2D eigenvalue weighted by Gasteiger charge is -2.15. The van der Waals surface area contributed by atoms with E-state index < -0.39 is 0 Å². The monoisotopic (exact) mass is 340 g/mol. The van der Waals surface area contributed by atoms with Crippen molar-refractivity contribution in [3.8, 4) is 0 Å². The molecule has 2 nitrogen and oxygen atoms in total. The Labute approximate surface area is 139 Å². The van der Waals surface area contributed by atoms with E-state index in [2.05, 4.69) is 11.5 Å². The standard InChI is InChI=1S/C16H18Cl2N2S/c17-12-6-3-5-11(16(12)18)8-13(20-19)15-9-10-4-1-2-7-14(10)21-15/h3,5-6,9,13,20H,1-2,4,7-8,19H2. The van der Waals surface area contributed by atoms with Crippen LogP contribution in [-0.4, -0.2) is 0 Å². The van der Waals surface area contributed by atoms with E-state index in [0.29, 0.717) is 10.0 Å². The third-order valence-corrected chi connectivity index (χ3v) is 6.22. The van der Waals surface area contributed by atoms with E-state index in [1.54, 1.807) is 0 Å². The molecule has 1 aromatic heterocycles. The molecule has 0 saturated heterocycles. The summed E-state index contributed by atoms with van der Waals surface area (Å²) in [5.74, 6) is 5.78. The fraction of sp³-hybridized carbons (Fsp3) is 0.375. The largest absolute Gasteiger partial charge is 0.271 e. The smallest absolute Gasteiger partial charge is 0.0625 e. The molecule has 1 atom stereocenters. The van der Waals surface area contributed by atoms with Gasteiger partial charge in [0.25, 0.3) is 0 Å². The van der Waals surface area contributed by atoms with Crippen LogP contribution in [0.3, 0.4) is 0 Å². The Kier molecular flexibility index (Phi) is 4.87. The number of thiophene rings is 1. The first-order valence-corrected chi connectivity index (χ1v) is 8.76. The Morgan fingerprint density at radius 3 is 2.81 bits per heavy atom. The van der Waals surface area contributed by atoms with Crippen molar-refractivity contribution in [1.29, 1.82) is 0 Å². The first-order chi connectivity index (χ1) is 10.2. The molecule has 112 valence electrons. The van der Waals surface area contributed by atoms with Crippen molar-refractivity contribution < 1.29 is 0 Å². The van der Waals surface area contributed by atoms with Gasteiger partial charge in [0.15, 0.2) is 0 Å². The van der Waals surface area contributed by atoms with Crippen molar-refractivity contribution in [3.05, 3.63) is 55.2 Å². The number of benzene rings is 1. The summed E-state index contributed by atoms with van der Waals surface area (Å²) in [6.07, 6.45) is 5.74. The molecule has 1 aliphatic rings. The van der Waals surface area contributed by atoms with Gasteiger partial charge in [-0.2, -0.15) is 0 Å². The molecule has 1 heterocycles. The Bertz CT molecular complexity index is 616. The molecule has 0 amide bonds. The lowest BCUT2D eigenvalue weighted by molar-refractivity contribution is 0.560. The van der Waals surface area contributed by atoms with Crippen LogP contribution in [0.15, 0.2) is 24.3 Å². The average Bonchev–Trinajstić information content (AvgIpc) is 2.92. The average molecular weight is 341 g/mol. The van der Waals surface area contributed by atoms with Crippen LogP contribution in [0.2, 0.25) is 10.0 Å². The van der Waals surface area contributed by atoms with Crippen LogP contribution in [-0.2, 0) is 19.3 Å². The summed E-state index contributed by atoms with van der Waals surface area (Å²) < 4.78 is 0. The van der Waals surface area contributed by atoms with Crippen molar-refractivity contribution in [2.24, 2.45) is 5.84 Å². The molecule has 3 rings (SSSR count). The number of nitrogens with one attached hydrogen (secondary N) is 1. The number of rotatable bonds is 4. The molecule has 5 heteroatoms. The van der Waals surface area contributed by atoms with Crippen LogP contribution in [0.25, 0.3) is 0 Å². The van der Waals surface area contributed by atoms with Gasteiger partial charge in [-0.05, 0) is 55.4 Å². The molecule has 3 N–H and O–H groups in total. The number of hydrogen-bond donors (Lipinski definition) is 2. The quantitative estimate of drug-likeness (QED) is 0.626. The molecular formula is C16H18Cl2N2S. The molecule has 0 radical (unpaired) electrons. The van der Waals surface area contributed by atoms with Crippen molar-refractivity contribution >= 4 is 34.5 Å². The Morgan fingerprint density at radius 1 is 1.24 bits per heavy atom. The van der Waals surface area contributed by atoms with Gasteiger partial charge >= 0.3 is 0 Å². The van der Waals surface area contributed by atoms with E-state index in [-0.39, 0.29) is 6.04 Å². The predicted molar refractivity (Wildman–Crippen MR) is 91.2 cm³/mol. The van der Waals surface area contributed by atoms with Crippen LogP contribution < -0.4 is 11.3 Å². The summed E-state index contributed by atoms with van der Waals surface area (Å²) in [5.41, 5.74) is 5.46. The topological polar surface area (TPSA) is 38.0 Å². The number of hydrazine groups is 1. The van der Waals surface area contributed by atoms with Crippen molar-refractivity contribution in [2.45, 2.75) is 38.1 Å². The molecular weight excluding hydrogens is 323 g/mol. The highest BCUT2D eigenvalue weighted by Crippen LogP contribution is 2.35. The fourth-order valence-electron chi connectivity index (χ4n) is 2.85. The third kappa shape index (κ3) is 3.27. The van der Waals surface area contributed by atoms with Crippen molar-refractivity contribution in [1.82, 2.24) is 5.43 Å². The zero-order valence-electron chi connectivity index (χ0n) is 11.7.